The summed E-state index contributed by atoms with van der Waals surface area (Å²) in [5.41, 5.74) is 0. The van der Waals surface area contributed by atoms with Gasteiger partial charge in [-0.05, 0) is 24.2 Å². The molecule has 0 radical (unpaired) electrons. The number of hydrogen-bond acceptors (Lipinski definition) is 0. The zero-order valence-corrected chi connectivity index (χ0v) is 8.74. The molecule has 0 heterocycles. The van der Waals surface area contributed by atoms with Gasteiger partial charge in [0, 0.05) is 0 Å². The van der Waals surface area contributed by atoms with Crippen LogP contribution in [0.15, 0.2) is 37.0 Å². The van der Waals surface area contributed by atoms with Gasteiger partial charge >= 0.3 is 0 Å². The molecule has 3 atom stereocenters. The molecule has 0 aromatic heterocycles. The van der Waals surface area contributed by atoms with E-state index < -0.39 is 0 Å². The van der Waals surface area contributed by atoms with Crippen molar-refractivity contribution in [1.29, 1.82) is 0 Å². The topological polar surface area (TPSA) is 0 Å². The third kappa shape index (κ3) is 2.58. The van der Waals surface area contributed by atoms with Crippen LogP contribution < -0.4 is 0 Å². The monoisotopic (exact) mass is 176 g/mol. The van der Waals surface area contributed by atoms with Crippen molar-refractivity contribution in [2.24, 2.45) is 17.8 Å². The zero-order chi connectivity index (χ0) is 9.68. The van der Waals surface area contributed by atoms with Crippen molar-refractivity contribution in [3.8, 4) is 0 Å². The second-order valence-corrected chi connectivity index (χ2v) is 3.90. The highest BCUT2D eigenvalue weighted by molar-refractivity contribution is 5.14. The summed E-state index contributed by atoms with van der Waals surface area (Å²) in [5, 5.41) is 0. The van der Waals surface area contributed by atoms with Crippen molar-refractivity contribution in [2.75, 3.05) is 0 Å². The van der Waals surface area contributed by atoms with Crippen LogP contribution >= 0.6 is 0 Å². The van der Waals surface area contributed by atoms with Crippen LogP contribution in [-0.4, -0.2) is 0 Å². The van der Waals surface area contributed by atoms with E-state index in [4.69, 9.17) is 0 Å². The Morgan fingerprint density at radius 2 is 2.08 bits per heavy atom. The lowest BCUT2D eigenvalue weighted by molar-refractivity contribution is 0.324. The molecule has 0 bridgehead atoms. The molecule has 0 aromatic carbocycles. The van der Waals surface area contributed by atoms with Crippen LogP contribution in [0.3, 0.4) is 0 Å². The van der Waals surface area contributed by atoms with Crippen LogP contribution in [0.25, 0.3) is 0 Å². The van der Waals surface area contributed by atoms with Gasteiger partial charge in [0.1, 0.15) is 0 Å². The Balaban J connectivity index is 2.62. The summed E-state index contributed by atoms with van der Waals surface area (Å²) in [5.74, 6) is 2.18. The van der Waals surface area contributed by atoms with Gasteiger partial charge in [0.2, 0.25) is 0 Å². The molecule has 1 aliphatic rings. The van der Waals surface area contributed by atoms with Gasteiger partial charge in [0.25, 0.3) is 0 Å². The number of hydrogen-bond donors (Lipinski definition) is 0. The summed E-state index contributed by atoms with van der Waals surface area (Å²) in [6.07, 6.45) is 13.4. The van der Waals surface area contributed by atoms with E-state index in [1.54, 1.807) is 0 Å². The van der Waals surface area contributed by atoms with Gasteiger partial charge in [0.05, 0.1) is 0 Å². The van der Waals surface area contributed by atoms with Crippen LogP contribution in [0.1, 0.15) is 26.7 Å². The highest BCUT2D eigenvalue weighted by Crippen LogP contribution is 2.31. The van der Waals surface area contributed by atoms with Crippen molar-refractivity contribution in [3.63, 3.8) is 0 Å². The summed E-state index contributed by atoms with van der Waals surface area (Å²) >= 11 is 0. The van der Waals surface area contributed by atoms with Gasteiger partial charge in [-0.15, -0.1) is 6.58 Å². The molecule has 1 rings (SSSR count). The van der Waals surface area contributed by atoms with Crippen LogP contribution in [-0.2, 0) is 0 Å². The summed E-state index contributed by atoms with van der Waals surface area (Å²) in [7, 11) is 0. The fourth-order valence-corrected chi connectivity index (χ4v) is 2.13. The molecule has 0 spiro atoms. The third-order valence-corrected chi connectivity index (χ3v) is 3.00. The summed E-state index contributed by atoms with van der Waals surface area (Å²) in [6.45, 7) is 8.40. The standard InChI is InChI=1S/C13H20/c1-4-8-12(5-2)13-10-7-6-9-11(13)3/h4,6-7,9-13H,1,5,8H2,2-3H3. The summed E-state index contributed by atoms with van der Waals surface area (Å²) < 4.78 is 0. The van der Waals surface area contributed by atoms with E-state index in [-0.39, 0.29) is 0 Å². The van der Waals surface area contributed by atoms with E-state index in [0.717, 1.165) is 12.3 Å². The van der Waals surface area contributed by atoms with Gasteiger partial charge < -0.3 is 0 Å². The quantitative estimate of drug-likeness (QED) is 0.569. The molecule has 0 saturated carbocycles. The molecule has 13 heavy (non-hydrogen) atoms. The first kappa shape index (κ1) is 10.3. The predicted octanol–water partition coefficient (Wildman–Crippen LogP) is 3.97. The maximum absolute atomic E-state index is 3.83. The lowest BCUT2D eigenvalue weighted by Crippen LogP contribution is -2.19. The van der Waals surface area contributed by atoms with Crippen molar-refractivity contribution in [3.05, 3.63) is 37.0 Å². The normalized spacial score (nSPS) is 28.8. The molecular formula is C13H20. The molecule has 0 amide bonds. The molecule has 1 aliphatic carbocycles. The first-order chi connectivity index (χ1) is 6.29. The van der Waals surface area contributed by atoms with Crippen molar-refractivity contribution in [1.82, 2.24) is 0 Å². The van der Waals surface area contributed by atoms with Crippen LogP contribution in [0.4, 0.5) is 0 Å². The molecule has 0 aliphatic heterocycles. The first-order valence-electron chi connectivity index (χ1n) is 5.25. The van der Waals surface area contributed by atoms with Crippen LogP contribution in [0.2, 0.25) is 0 Å². The first-order valence-corrected chi connectivity index (χ1v) is 5.25. The van der Waals surface area contributed by atoms with E-state index in [0.29, 0.717) is 11.8 Å². The summed E-state index contributed by atoms with van der Waals surface area (Å²) in [4.78, 5) is 0. The molecule has 0 nitrogen and oxygen atoms in total. The molecule has 3 unspecified atom stereocenters. The van der Waals surface area contributed by atoms with Gasteiger partial charge in [-0.3, -0.25) is 0 Å². The Bertz CT molecular complexity index is 210. The number of allylic oxidation sites excluding steroid dienone is 5. The maximum atomic E-state index is 3.83. The molecule has 0 aromatic rings. The number of rotatable bonds is 4. The fraction of sp³-hybridized carbons (Fsp3) is 0.538. The molecule has 0 N–H and O–H groups in total. The van der Waals surface area contributed by atoms with Crippen LogP contribution in [0, 0.1) is 17.8 Å². The van der Waals surface area contributed by atoms with Gasteiger partial charge in [0.15, 0.2) is 0 Å². The maximum Gasteiger partial charge on any atom is -0.0139 e. The van der Waals surface area contributed by atoms with E-state index in [9.17, 15) is 0 Å². The SMILES string of the molecule is C=CCC(CC)C1C=CC=CC1C. The molecule has 0 fully saturated rings. The Morgan fingerprint density at radius 3 is 2.62 bits per heavy atom. The molecule has 72 valence electrons. The average molecular weight is 176 g/mol. The minimum Gasteiger partial charge on any atom is -0.103 e. The minimum atomic E-state index is 0.690. The second-order valence-electron chi connectivity index (χ2n) is 3.90. The van der Waals surface area contributed by atoms with E-state index >= 15 is 0 Å². The van der Waals surface area contributed by atoms with Gasteiger partial charge in [-0.1, -0.05) is 50.6 Å². The van der Waals surface area contributed by atoms with Crippen molar-refractivity contribution < 1.29 is 0 Å². The molecular weight excluding hydrogens is 156 g/mol. The average Bonchev–Trinajstić information content (AvgIpc) is 2.16. The second kappa shape index (κ2) is 5.06. The third-order valence-electron chi connectivity index (χ3n) is 3.00. The zero-order valence-electron chi connectivity index (χ0n) is 8.74. The lowest BCUT2D eigenvalue weighted by Gasteiger charge is -2.28. The van der Waals surface area contributed by atoms with Gasteiger partial charge in [-0.2, -0.15) is 0 Å². The Hall–Kier alpha value is -0.780. The lowest BCUT2D eigenvalue weighted by atomic mass is 9.77. The Labute approximate surface area is 82.0 Å². The molecule has 0 heteroatoms. The van der Waals surface area contributed by atoms with Gasteiger partial charge in [-0.25, -0.2) is 0 Å². The van der Waals surface area contributed by atoms with Crippen molar-refractivity contribution in [2.45, 2.75) is 26.7 Å². The Kier molecular flexibility index (Phi) is 4.01. The largest absolute Gasteiger partial charge is 0.103 e. The fourth-order valence-electron chi connectivity index (χ4n) is 2.13. The minimum absolute atomic E-state index is 0.690. The van der Waals surface area contributed by atoms with E-state index in [1.165, 1.54) is 6.42 Å². The smallest absolute Gasteiger partial charge is 0.0139 e. The van der Waals surface area contributed by atoms with E-state index in [2.05, 4.69) is 44.7 Å². The van der Waals surface area contributed by atoms with E-state index in [1.807, 2.05) is 6.08 Å². The Morgan fingerprint density at radius 1 is 1.38 bits per heavy atom. The van der Waals surface area contributed by atoms with Crippen LogP contribution in [0.5, 0.6) is 0 Å². The predicted molar refractivity (Wildman–Crippen MR) is 59.5 cm³/mol. The molecule has 0 saturated heterocycles. The highest BCUT2D eigenvalue weighted by Gasteiger charge is 2.21. The van der Waals surface area contributed by atoms with Crippen molar-refractivity contribution >= 4 is 0 Å². The highest BCUT2D eigenvalue weighted by atomic mass is 14.3. The summed E-state index contributed by atoms with van der Waals surface area (Å²) in [6, 6.07) is 0.